The lowest BCUT2D eigenvalue weighted by molar-refractivity contribution is -0.132. The summed E-state index contributed by atoms with van der Waals surface area (Å²) in [6.45, 7) is 5.94. The van der Waals surface area contributed by atoms with Gasteiger partial charge < -0.3 is 14.6 Å². The van der Waals surface area contributed by atoms with Crippen LogP contribution in [0.15, 0.2) is 84.4 Å². The van der Waals surface area contributed by atoms with Crippen molar-refractivity contribution < 1.29 is 29.0 Å². The zero-order valence-electron chi connectivity index (χ0n) is 22.8. The Morgan fingerprint density at radius 3 is 2.34 bits per heavy atom. The molecule has 1 aliphatic heterocycles. The molecule has 1 atom stereocenters. The number of ether oxygens (including phenoxy) is 2. The van der Waals surface area contributed by atoms with E-state index in [1.807, 2.05) is 37.3 Å². The molecule has 1 unspecified atom stereocenters. The van der Waals surface area contributed by atoms with E-state index in [0.29, 0.717) is 29.2 Å². The number of esters is 1. The third kappa shape index (κ3) is 5.49. The molecule has 4 aromatic rings. The molecule has 208 valence electrons. The van der Waals surface area contributed by atoms with Crippen molar-refractivity contribution in [2.24, 2.45) is 0 Å². The van der Waals surface area contributed by atoms with E-state index in [2.05, 4.69) is 4.98 Å². The minimum Gasteiger partial charge on any atom is -0.507 e. The van der Waals surface area contributed by atoms with Crippen LogP contribution in [0.2, 0.25) is 0 Å². The zero-order valence-corrected chi connectivity index (χ0v) is 23.6. The van der Waals surface area contributed by atoms with Gasteiger partial charge in [0.1, 0.15) is 23.0 Å². The number of aliphatic hydroxyl groups is 1. The van der Waals surface area contributed by atoms with Crippen molar-refractivity contribution in [1.29, 1.82) is 0 Å². The van der Waals surface area contributed by atoms with E-state index in [9.17, 15) is 19.5 Å². The van der Waals surface area contributed by atoms with E-state index >= 15 is 0 Å². The predicted octanol–water partition coefficient (Wildman–Crippen LogP) is 6.14. The van der Waals surface area contributed by atoms with E-state index in [0.717, 1.165) is 22.5 Å². The van der Waals surface area contributed by atoms with Crippen molar-refractivity contribution in [2.75, 3.05) is 11.5 Å². The number of benzene rings is 3. The predicted molar refractivity (Wildman–Crippen MR) is 156 cm³/mol. The number of amides is 1. The zero-order chi connectivity index (χ0) is 29.1. The Balaban J connectivity index is 1.51. The van der Waals surface area contributed by atoms with Crippen LogP contribution >= 0.6 is 11.3 Å². The number of hydrogen-bond donors (Lipinski definition) is 1. The fourth-order valence-corrected chi connectivity index (χ4v) is 5.64. The highest BCUT2D eigenvalue weighted by molar-refractivity contribution is 7.17. The average molecular weight is 569 g/mol. The van der Waals surface area contributed by atoms with Gasteiger partial charge in [0.25, 0.3) is 5.78 Å². The molecule has 1 amide bonds. The molecule has 1 aliphatic rings. The number of ketones is 1. The van der Waals surface area contributed by atoms with Gasteiger partial charge in [-0.1, -0.05) is 65.9 Å². The lowest BCUT2D eigenvalue weighted by Crippen LogP contribution is -2.29. The quantitative estimate of drug-likeness (QED) is 0.118. The molecule has 3 aromatic carbocycles. The largest absolute Gasteiger partial charge is 0.507 e. The van der Waals surface area contributed by atoms with Gasteiger partial charge in [-0.2, -0.15) is 0 Å². The molecular weight excluding hydrogens is 540 g/mol. The molecule has 0 saturated carbocycles. The number of Topliss-reactive ketones (excluding diaryl/α,β-unsaturated/α-hetero) is 1. The van der Waals surface area contributed by atoms with Gasteiger partial charge in [-0.05, 0) is 61.7 Å². The summed E-state index contributed by atoms with van der Waals surface area (Å²) in [6, 6.07) is 22.6. The first-order valence-electron chi connectivity index (χ1n) is 13.1. The van der Waals surface area contributed by atoms with E-state index in [1.165, 1.54) is 4.90 Å². The number of carbonyl (C=O) groups excluding carboxylic acids is 3. The Morgan fingerprint density at radius 1 is 0.976 bits per heavy atom. The summed E-state index contributed by atoms with van der Waals surface area (Å²) < 4.78 is 11.0. The summed E-state index contributed by atoms with van der Waals surface area (Å²) in [5.41, 5.74) is 3.47. The summed E-state index contributed by atoms with van der Waals surface area (Å²) in [4.78, 5) is 45.2. The van der Waals surface area contributed by atoms with E-state index in [1.54, 1.807) is 62.4 Å². The van der Waals surface area contributed by atoms with Gasteiger partial charge in [0, 0.05) is 5.56 Å². The second-order valence-electron chi connectivity index (χ2n) is 9.45. The minimum atomic E-state index is -0.950. The number of rotatable bonds is 8. The SMILES string of the molecule is CCOC(=O)c1sc(N2C(=O)C(=O)/C(=C(/O)c3ccc(OCc4ccccc4C)cc3)C2c2ccccc2)nc1C. The van der Waals surface area contributed by atoms with Crippen LogP contribution < -0.4 is 9.64 Å². The molecule has 1 fully saturated rings. The minimum absolute atomic E-state index is 0.0692. The molecule has 8 nitrogen and oxygen atoms in total. The van der Waals surface area contributed by atoms with Gasteiger partial charge >= 0.3 is 11.9 Å². The number of aryl methyl sites for hydroxylation is 2. The van der Waals surface area contributed by atoms with Gasteiger partial charge in [-0.25, -0.2) is 9.78 Å². The van der Waals surface area contributed by atoms with E-state index in [-0.39, 0.29) is 27.9 Å². The number of thiazole rings is 1. The second-order valence-corrected chi connectivity index (χ2v) is 10.4. The topological polar surface area (TPSA) is 106 Å². The standard InChI is InChI=1S/C32H28N2O6S/c1-4-39-31(38)29-20(3)33-32(41-29)34-26(21-11-6-5-7-12-21)25(28(36)30(34)37)27(35)22-14-16-24(17-15-22)40-18-23-13-9-8-10-19(23)2/h5-17,26,35H,4,18H2,1-3H3/b27-25+. The van der Waals surface area contributed by atoms with Crippen LogP contribution in [-0.4, -0.2) is 34.4 Å². The number of hydrogen-bond acceptors (Lipinski definition) is 8. The Hall–Kier alpha value is -4.76. The smallest absolute Gasteiger partial charge is 0.350 e. The highest BCUT2D eigenvalue weighted by Gasteiger charge is 2.48. The number of nitrogens with zero attached hydrogens (tertiary/aromatic N) is 2. The number of anilines is 1. The Labute approximate surface area is 241 Å². The molecule has 1 aromatic heterocycles. The molecular formula is C32H28N2O6S. The third-order valence-corrected chi connectivity index (χ3v) is 7.93. The average Bonchev–Trinajstić information content (AvgIpc) is 3.49. The molecule has 41 heavy (non-hydrogen) atoms. The van der Waals surface area contributed by atoms with Gasteiger partial charge in [0.05, 0.1) is 23.9 Å². The lowest BCUT2D eigenvalue weighted by Gasteiger charge is -2.23. The molecule has 0 aliphatic carbocycles. The second kappa shape index (κ2) is 11.8. The third-order valence-electron chi connectivity index (χ3n) is 6.80. The molecule has 9 heteroatoms. The van der Waals surface area contributed by atoms with Crippen LogP contribution in [-0.2, 0) is 20.9 Å². The lowest BCUT2D eigenvalue weighted by atomic mass is 9.95. The van der Waals surface area contributed by atoms with Gasteiger partial charge in [0.15, 0.2) is 5.13 Å². The van der Waals surface area contributed by atoms with Crippen molar-refractivity contribution in [1.82, 2.24) is 4.98 Å². The highest BCUT2D eigenvalue weighted by Crippen LogP contribution is 2.44. The summed E-state index contributed by atoms with van der Waals surface area (Å²) >= 11 is 0.972. The highest BCUT2D eigenvalue weighted by atomic mass is 32.1. The Kier molecular flexibility index (Phi) is 7.98. The van der Waals surface area contributed by atoms with E-state index in [4.69, 9.17) is 9.47 Å². The van der Waals surface area contributed by atoms with Crippen molar-refractivity contribution in [3.8, 4) is 5.75 Å². The number of aliphatic hydroxyl groups excluding tert-OH is 1. The monoisotopic (exact) mass is 568 g/mol. The molecule has 5 rings (SSSR count). The van der Waals surface area contributed by atoms with Gasteiger partial charge in [0.2, 0.25) is 0 Å². The van der Waals surface area contributed by atoms with Gasteiger partial charge in [-0.15, -0.1) is 0 Å². The van der Waals surface area contributed by atoms with Crippen molar-refractivity contribution in [3.05, 3.63) is 117 Å². The van der Waals surface area contributed by atoms with Crippen LogP contribution in [0.25, 0.3) is 5.76 Å². The molecule has 0 bridgehead atoms. The fourth-order valence-electron chi connectivity index (χ4n) is 4.65. The van der Waals surface area contributed by atoms with Crippen LogP contribution in [0.3, 0.4) is 0 Å². The molecule has 1 saturated heterocycles. The van der Waals surface area contributed by atoms with Crippen molar-refractivity contribution in [3.63, 3.8) is 0 Å². The van der Waals surface area contributed by atoms with Crippen LogP contribution in [0.1, 0.15) is 50.6 Å². The maximum absolute atomic E-state index is 13.4. The Bertz CT molecular complexity index is 1640. The Morgan fingerprint density at radius 2 is 1.66 bits per heavy atom. The summed E-state index contributed by atoms with van der Waals surface area (Å²) in [6.07, 6.45) is 0. The molecule has 0 spiro atoms. The molecule has 0 radical (unpaired) electrons. The van der Waals surface area contributed by atoms with Crippen LogP contribution in [0.4, 0.5) is 5.13 Å². The first-order chi connectivity index (χ1) is 19.8. The normalized spacial score (nSPS) is 16.2. The van der Waals surface area contributed by atoms with E-state index < -0.39 is 23.7 Å². The van der Waals surface area contributed by atoms with Gasteiger partial charge in [-0.3, -0.25) is 14.5 Å². The maximum atomic E-state index is 13.4. The summed E-state index contributed by atoms with van der Waals surface area (Å²) in [5, 5.41) is 11.6. The van der Waals surface area contributed by atoms with Crippen LogP contribution in [0, 0.1) is 13.8 Å². The fraction of sp³-hybridized carbons (Fsp3) is 0.188. The molecule has 1 N–H and O–H groups in total. The molecule has 2 heterocycles. The first-order valence-corrected chi connectivity index (χ1v) is 13.9. The summed E-state index contributed by atoms with van der Waals surface area (Å²) in [5.74, 6) is -1.96. The summed E-state index contributed by atoms with van der Waals surface area (Å²) in [7, 11) is 0. The van der Waals surface area contributed by atoms with Crippen molar-refractivity contribution in [2.45, 2.75) is 33.4 Å². The number of carbonyl (C=O) groups is 3. The number of aromatic nitrogens is 1. The maximum Gasteiger partial charge on any atom is 0.350 e. The van der Waals surface area contributed by atoms with Crippen LogP contribution in [0.5, 0.6) is 5.75 Å². The first kappa shape index (κ1) is 27.8. The van der Waals surface area contributed by atoms with Crippen molar-refractivity contribution >= 4 is 39.9 Å².